The van der Waals surface area contributed by atoms with Crippen molar-refractivity contribution in [2.75, 3.05) is 0 Å². The first-order chi connectivity index (χ1) is 4.77. The van der Waals surface area contributed by atoms with Gasteiger partial charge in [-0.2, -0.15) is 0 Å². The van der Waals surface area contributed by atoms with Gasteiger partial charge in [-0.25, -0.2) is 4.42 Å². The van der Waals surface area contributed by atoms with Crippen LogP contribution in [-0.2, 0) is 0 Å². The molecule has 10 heavy (non-hydrogen) atoms. The molecule has 3 heteroatoms. The molecule has 0 amide bonds. The van der Waals surface area contributed by atoms with Crippen molar-refractivity contribution in [1.82, 2.24) is 4.42 Å². The molecule has 0 aromatic rings. The van der Waals surface area contributed by atoms with Gasteiger partial charge in [0.25, 0.3) is 0 Å². The van der Waals surface area contributed by atoms with Crippen LogP contribution >= 0.6 is 11.8 Å². The summed E-state index contributed by atoms with van der Waals surface area (Å²) >= 11 is 5.97. The summed E-state index contributed by atoms with van der Waals surface area (Å²) in [7, 11) is 0. The summed E-state index contributed by atoms with van der Waals surface area (Å²) in [5.41, 5.74) is 0. The van der Waals surface area contributed by atoms with E-state index in [1.54, 1.807) is 0 Å². The smallest absolute Gasteiger partial charge is 0.0571 e. The summed E-state index contributed by atoms with van der Waals surface area (Å²) in [6.07, 6.45) is 4.00. The van der Waals surface area contributed by atoms with Crippen molar-refractivity contribution in [2.24, 2.45) is 0 Å². The van der Waals surface area contributed by atoms with Crippen molar-refractivity contribution in [2.45, 2.75) is 43.9 Å². The first kappa shape index (κ1) is 6.89. The molecule has 3 atom stereocenters. The first-order valence-electron chi connectivity index (χ1n) is 3.89. The molecule has 0 aliphatic carbocycles. The van der Waals surface area contributed by atoms with E-state index in [0.717, 1.165) is 12.8 Å². The van der Waals surface area contributed by atoms with Gasteiger partial charge in [-0.15, -0.1) is 0 Å². The number of aliphatic hydroxyl groups is 1. The Labute approximate surface area is 65.9 Å². The number of nitrogens with zero attached hydrogens (tertiary/aromatic N) is 1. The van der Waals surface area contributed by atoms with Crippen LogP contribution in [0.1, 0.15) is 25.7 Å². The van der Waals surface area contributed by atoms with E-state index in [1.807, 2.05) is 4.42 Å². The highest BCUT2D eigenvalue weighted by atomic mass is 35.5. The highest BCUT2D eigenvalue weighted by Gasteiger charge is 2.39. The number of piperidine rings is 1. The van der Waals surface area contributed by atoms with Gasteiger partial charge in [-0.05, 0) is 37.5 Å². The molecule has 1 N–H and O–H groups in total. The lowest BCUT2D eigenvalue weighted by Gasteiger charge is -2.31. The molecule has 58 valence electrons. The average Bonchev–Trinajstić information content (AvgIpc) is 2.20. The minimum atomic E-state index is -0.0903. The summed E-state index contributed by atoms with van der Waals surface area (Å²) in [6.45, 7) is 0. The van der Waals surface area contributed by atoms with Gasteiger partial charge >= 0.3 is 0 Å². The summed E-state index contributed by atoms with van der Waals surface area (Å²) in [6, 6.07) is 0.908. The van der Waals surface area contributed by atoms with Gasteiger partial charge in [0, 0.05) is 12.1 Å². The van der Waals surface area contributed by atoms with Gasteiger partial charge in [-0.3, -0.25) is 0 Å². The maximum atomic E-state index is 9.32. The van der Waals surface area contributed by atoms with E-state index in [9.17, 15) is 5.11 Å². The predicted octanol–water partition coefficient (Wildman–Crippen LogP) is 1.13. The molecule has 0 unspecified atom stereocenters. The summed E-state index contributed by atoms with van der Waals surface area (Å²) in [4.78, 5) is 0. The van der Waals surface area contributed by atoms with E-state index in [0.29, 0.717) is 12.1 Å². The predicted molar refractivity (Wildman–Crippen MR) is 39.7 cm³/mol. The molecular formula is C7H12ClNO. The van der Waals surface area contributed by atoms with Crippen LogP contribution in [-0.4, -0.2) is 27.7 Å². The number of halogens is 1. The standard InChI is InChI=1S/C7H12ClNO/c8-9-5-1-2-6(9)4-7(10)3-5/h5-7,10H,1-4H2/t5-,6+,7+. The Hall–Kier alpha value is 0.210. The van der Waals surface area contributed by atoms with Gasteiger partial charge in [0.15, 0.2) is 0 Å². The van der Waals surface area contributed by atoms with E-state index < -0.39 is 0 Å². The third kappa shape index (κ3) is 0.949. The van der Waals surface area contributed by atoms with Gasteiger partial charge in [0.1, 0.15) is 0 Å². The van der Waals surface area contributed by atoms with Crippen molar-refractivity contribution >= 4 is 11.8 Å². The molecule has 0 aromatic heterocycles. The van der Waals surface area contributed by atoms with Gasteiger partial charge in [0.2, 0.25) is 0 Å². The van der Waals surface area contributed by atoms with Crippen molar-refractivity contribution in [3.63, 3.8) is 0 Å². The second-order valence-electron chi connectivity index (χ2n) is 3.35. The van der Waals surface area contributed by atoms with Gasteiger partial charge in [0.05, 0.1) is 6.10 Å². The van der Waals surface area contributed by atoms with E-state index in [-0.39, 0.29) is 6.10 Å². The molecule has 0 aromatic carbocycles. The Balaban J connectivity index is 2.09. The summed E-state index contributed by atoms with van der Waals surface area (Å²) in [5.74, 6) is 0. The average molecular weight is 162 g/mol. The zero-order valence-electron chi connectivity index (χ0n) is 5.83. The van der Waals surface area contributed by atoms with Crippen LogP contribution in [0.3, 0.4) is 0 Å². The number of hydrogen-bond donors (Lipinski definition) is 1. The third-order valence-corrected chi connectivity index (χ3v) is 3.17. The molecule has 2 saturated heterocycles. The van der Waals surface area contributed by atoms with Gasteiger partial charge < -0.3 is 5.11 Å². The second-order valence-corrected chi connectivity index (χ2v) is 3.74. The Morgan fingerprint density at radius 3 is 2.20 bits per heavy atom. The van der Waals surface area contributed by atoms with Crippen molar-refractivity contribution in [3.05, 3.63) is 0 Å². The quantitative estimate of drug-likeness (QED) is 0.539. The molecule has 0 spiro atoms. The van der Waals surface area contributed by atoms with Crippen LogP contribution in [0.5, 0.6) is 0 Å². The fourth-order valence-electron chi connectivity index (χ4n) is 2.09. The highest BCUT2D eigenvalue weighted by molar-refractivity contribution is 6.14. The van der Waals surface area contributed by atoms with Crippen molar-refractivity contribution in [1.29, 1.82) is 0 Å². The largest absolute Gasteiger partial charge is 0.393 e. The van der Waals surface area contributed by atoms with Crippen molar-refractivity contribution < 1.29 is 5.11 Å². The zero-order chi connectivity index (χ0) is 7.14. The number of hydrogen-bond acceptors (Lipinski definition) is 2. The Kier molecular flexibility index (Phi) is 1.63. The highest BCUT2D eigenvalue weighted by Crippen LogP contribution is 2.36. The number of rotatable bonds is 0. The van der Waals surface area contributed by atoms with Crippen LogP contribution < -0.4 is 0 Å². The monoisotopic (exact) mass is 161 g/mol. The molecule has 0 saturated carbocycles. The van der Waals surface area contributed by atoms with E-state index in [1.165, 1.54) is 12.8 Å². The maximum absolute atomic E-state index is 9.32. The SMILES string of the molecule is O[C@H]1C[C@H]2CC[C@@H](C1)N2Cl. The Morgan fingerprint density at radius 2 is 1.70 bits per heavy atom. The Bertz CT molecular complexity index is 128. The molecule has 2 aliphatic rings. The number of aliphatic hydroxyl groups excluding tert-OH is 1. The molecule has 0 radical (unpaired) electrons. The minimum Gasteiger partial charge on any atom is -0.393 e. The van der Waals surface area contributed by atoms with Crippen LogP contribution in [0.15, 0.2) is 0 Å². The molecule has 2 heterocycles. The second kappa shape index (κ2) is 2.36. The molecular weight excluding hydrogens is 150 g/mol. The Morgan fingerprint density at radius 1 is 1.20 bits per heavy atom. The number of fused-ring (bicyclic) bond motifs is 2. The minimum absolute atomic E-state index is 0.0903. The lowest BCUT2D eigenvalue weighted by Crippen LogP contribution is -2.38. The topological polar surface area (TPSA) is 23.5 Å². The molecule has 2 rings (SSSR count). The molecule has 2 aliphatic heterocycles. The summed E-state index contributed by atoms with van der Waals surface area (Å²) < 4.78 is 1.91. The first-order valence-corrected chi connectivity index (χ1v) is 4.23. The van der Waals surface area contributed by atoms with Crippen LogP contribution in [0.4, 0.5) is 0 Å². The lowest BCUT2D eigenvalue weighted by atomic mass is 10.0. The van der Waals surface area contributed by atoms with Crippen molar-refractivity contribution in [3.8, 4) is 0 Å². The lowest BCUT2D eigenvalue weighted by molar-refractivity contribution is 0.0780. The maximum Gasteiger partial charge on any atom is 0.0571 e. The third-order valence-electron chi connectivity index (χ3n) is 2.62. The summed E-state index contributed by atoms with van der Waals surface area (Å²) in [5, 5.41) is 9.32. The van der Waals surface area contributed by atoms with E-state index in [2.05, 4.69) is 0 Å². The van der Waals surface area contributed by atoms with Crippen LogP contribution in [0.25, 0.3) is 0 Å². The van der Waals surface area contributed by atoms with Crippen LogP contribution in [0.2, 0.25) is 0 Å². The zero-order valence-corrected chi connectivity index (χ0v) is 6.59. The van der Waals surface area contributed by atoms with E-state index in [4.69, 9.17) is 11.8 Å². The normalized spacial score (nSPS) is 48.0. The van der Waals surface area contributed by atoms with Crippen LogP contribution in [0, 0.1) is 0 Å². The fraction of sp³-hybridized carbons (Fsp3) is 1.00. The molecule has 2 nitrogen and oxygen atoms in total. The van der Waals surface area contributed by atoms with Gasteiger partial charge in [-0.1, -0.05) is 0 Å². The molecule has 2 fully saturated rings. The van der Waals surface area contributed by atoms with E-state index >= 15 is 0 Å². The fourth-order valence-corrected chi connectivity index (χ4v) is 2.45. The molecule has 2 bridgehead atoms.